The maximum Gasteiger partial charge on any atom is 0.420 e. The number of pyridine rings is 1. The van der Waals surface area contributed by atoms with E-state index in [9.17, 15) is 22.0 Å². The molecule has 1 heterocycles. The molecule has 0 bridgehead atoms. The summed E-state index contributed by atoms with van der Waals surface area (Å²) >= 11 is 0. The lowest BCUT2D eigenvalue weighted by Crippen LogP contribution is -2.09. The van der Waals surface area contributed by atoms with Crippen LogP contribution in [0.3, 0.4) is 0 Å². The highest BCUT2D eigenvalue weighted by Crippen LogP contribution is 2.39. The normalized spacial score (nSPS) is 11.6. The van der Waals surface area contributed by atoms with Crippen molar-refractivity contribution in [3.63, 3.8) is 0 Å². The topological polar surface area (TPSA) is 56.9 Å². The molecule has 0 atom stereocenters. The summed E-state index contributed by atoms with van der Waals surface area (Å²) in [6.45, 7) is 0. The van der Waals surface area contributed by atoms with E-state index in [-0.39, 0.29) is 6.07 Å². The fraction of sp³-hybridized carbons (Fsp3) is 0.250. The lowest BCUT2D eigenvalue weighted by molar-refractivity contribution is -0.139. The van der Waals surface area contributed by atoms with Gasteiger partial charge in [0, 0.05) is 0 Å². The molecule has 0 aliphatic rings. The third kappa shape index (κ3) is 2.18. The van der Waals surface area contributed by atoms with Gasteiger partial charge in [0.15, 0.2) is 11.4 Å². The van der Waals surface area contributed by atoms with Crippen molar-refractivity contribution in [1.82, 2.24) is 4.98 Å². The summed E-state index contributed by atoms with van der Waals surface area (Å²) in [4.78, 5) is 2.90. The zero-order chi connectivity index (χ0) is 12.5. The molecule has 86 valence electrons. The zero-order valence-electron chi connectivity index (χ0n) is 7.39. The van der Waals surface area contributed by atoms with Crippen LogP contribution in [0, 0.1) is 11.3 Å². The highest BCUT2D eigenvalue weighted by atomic mass is 19.4. The molecule has 1 rings (SSSR count). The fourth-order valence-electron chi connectivity index (χ4n) is 0.984. The molecule has 0 saturated heterocycles. The molecule has 16 heavy (non-hydrogen) atoms. The van der Waals surface area contributed by atoms with E-state index in [1.807, 2.05) is 0 Å². The number of aromatic hydroxyl groups is 1. The predicted molar refractivity (Wildman–Crippen MR) is 40.6 cm³/mol. The van der Waals surface area contributed by atoms with Crippen LogP contribution < -0.4 is 0 Å². The Balaban J connectivity index is 3.52. The second-order valence-corrected chi connectivity index (χ2v) is 2.70. The van der Waals surface area contributed by atoms with E-state index in [0.29, 0.717) is 0 Å². The molecule has 1 aromatic heterocycles. The third-order valence-corrected chi connectivity index (χ3v) is 1.65. The molecule has 1 N–H and O–H groups in total. The number of nitrogens with zero attached hydrogens (tertiary/aromatic N) is 2. The second-order valence-electron chi connectivity index (χ2n) is 2.70. The molecule has 8 heteroatoms. The highest BCUT2D eigenvalue weighted by Gasteiger charge is 2.37. The van der Waals surface area contributed by atoms with Crippen molar-refractivity contribution in [3.05, 3.63) is 23.0 Å². The van der Waals surface area contributed by atoms with Crippen LogP contribution in [0.1, 0.15) is 23.4 Å². The van der Waals surface area contributed by atoms with Crippen LogP contribution in [0.2, 0.25) is 0 Å². The molecule has 0 amide bonds. The molecule has 1 aromatic rings. The van der Waals surface area contributed by atoms with E-state index in [0.717, 1.165) is 0 Å². The summed E-state index contributed by atoms with van der Waals surface area (Å²) < 4.78 is 61.2. The van der Waals surface area contributed by atoms with Crippen LogP contribution in [0.25, 0.3) is 0 Å². The molecule has 0 aromatic carbocycles. The Bertz CT molecular complexity index is 449. The number of hydrogen-bond donors (Lipinski definition) is 1. The summed E-state index contributed by atoms with van der Waals surface area (Å²) in [5, 5.41) is 17.3. The number of rotatable bonds is 1. The maximum atomic E-state index is 12.3. The van der Waals surface area contributed by atoms with Crippen molar-refractivity contribution in [2.45, 2.75) is 12.6 Å². The first-order chi connectivity index (χ1) is 7.27. The van der Waals surface area contributed by atoms with E-state index in [2.05, 4.69) is 4.98 Å². The van der Waals surface area contributed by atoms with Gasteiger partial charge in [0.2, 0.25) is 0 Å². The largest absolute Gasteiger partial charge is 0.505 e. The molecule has 0 fully saturated rings. The van der Waals surface area contributed by atoms with Gasteiger partial charge in [-0.15, -0.1) is 0 Å². The van der Waals surface area contributed by atoms with E-state index >= 15 is 0 Å². The molecule has 0 aliphatic heterocycles. The van der Waals surface area contributed by atoms with Gasteiger partial charge in [-0.1, -0.05) is 0 Å². The van der Waals surface area contributed by atoms with Gasteiger partial charge in [0.1, 0.15) is 17.3 Å². The predicted octanol–water partition coefficient (Wildman–Crippen LogP) is 2.62. The summed E-state index contributed by atoms with van der Waals surface area (Å²) in [6, 6.07) is 1.42. The summed E-state index contributed by atoms with van der Waals surface area (Å²) in [7, 11) is 0. The minimum Gasteiger partial charge on any atom is -0.505 e. The molecule has 0 saturated carbocycles. The van der Waals surface area contributed by atoms with Crippen molar-refractivity contribution in [2.75, 3.05) is 0 Å². The monoisotopic (exact) mass is 238 g/mol. The van der Waals surface area contributed by atoms with Crippen molar-refractivity contribution < 1.29 is 27.1 Å². The number of hydrogen-bond acceptors (Lipinski definition) is 3. The van der Waals surface area contributed by atoms with Gasteiger partial charge in [0.05, 0.1) is 0 Å². The molecular weight excluding hydrogens is 235 g/mol. The van der Waals surface area contributed by atoms with Crippen LogP contribution in [0.15, 0.2) is 6.07 Å². The fourth-order valence-corrected chi connectivity index (χ4v) is 0.984. The first-order valence-corrected chi connectivity index (χ1v) is 3.76. The summed E-state index contributed by atoms with van der Waals surface area (Å²) in [5.41, 5.74) is -3.99. The van der Waals surface area contributed by atoms with Gasteiger partial charge in [-0.25, -0.2) is 13.8 Å². The lowest BCUT2D eigenvalue weighted by Gasteiger charge is -2.11. The van der Waals surface area contributed by atoms with Gasteiger partial charge in [0.25, 0.3) is 6.43 Å². The number of alkyl halides is 5. The van der Waals surface area contributed by atoms with E-state index in [1.54, 1.807) is 0 Å². The standard InChI is InChI=1S/C8H3F5N2O/c9-7(10)5-6(16)4(8(11,12)13)1-3(2-14)15-5/h1,7,16H. The first-order valence-electron chi connectivity index (χ1n) is 3.76. The Morgan fingerprint density at radius 3 is 2.31 bits per heavy atom. The Labute approximate surface area is 85.8 Å². The Morgan fingerprint density at radius 1 is 1.38 bits per heavy atom. The third-order valence-electron chi connectivity index (χ3n) is 1.65. The molecule has 0 aliphatic carbocycles. The van der Waals surface area contributed by atoms with Gasteiger partial charge >= 0.3 is 6.18 Å². The zero-order valence-corrected chi connectivity index (χ0v) is 7.39. The Hall–Kier alpha value is -1.91. The quantitative estimate of drug-likeness (QED) is 0.765. The van der Waals surface area contributed by atoms with Gasteiger partial charge in [-0.3, -0.25) is 0 Å². The SMILES string of the molecule is N#Cc1cc(C(F)(F)F)c(O)c(C(F)F)n1. The van der Waals surface area contributed by atoms with Crippen LogP contribution in [-0.2, 0) is 6.18 Å². The summed E-state index contributed by atoms with van der Waals surface area (Å²) in [6.07, 6.45) is -8.42. The molecule has 0 unspecified atom stereocenters. The van der Waals surface area contributed by atoms with E-state index in [4.69, 9.17) is 10.4 Å². The van der Waals surface area contributed by atoms with Gasteiger partial charge in [-0.05, 0) is 6.07 Å². The Morgan fingerprint density at radius 2 is 1.94 bits per heavy atom. The lowest BCUT2D eigenvalue weighted by atomic mass is 10.1. The molecule has 0 radical (unpaired) electrons. The Kier molecular flexibility index (Phi) is 2.98. The number of aromatic nitrogens is 1. The number of halogens is 5. The van der Waals surface area contributed by atoms with Crippen molar-refractivity contribution in [1.29, 1.82) is 5.26 Å². The van der Waals surface area contributed by atoms with Crippen molar-refractivity contribution >= 4 is 0 Å². The van der Waals surface area contributed by atoms with Gasteiger partial charge < -0.3 is 5.11 Å². The van der Waals surface area contributed by atoms with Gasteiger partial charge in [-0.2, -0.15) is 18.4 Å². The number of nitriles is 1. The second kappa shape index (κ2) is 3.92. The van der Waals surface area contributed by atoms with Crippen LogP contribution in [-0.4, -0.2) is 10.1 Å². The van der Waals surface area contributed by atoms with Crippen LogP contribution in [0.5, 0.6) is 5.75 Å². The van der Waals surface area contributed by atoms with Crippen LogP contribution in [0.4, 0.5) is 22.0 Å². The minimum absolute atomic E-state index is 0.210. The average molecular weight is 238 g/mol. The first kappa shape index (κ1) is 12.2. The average Bonchev–Trinajstić information content (AvgIpc) is 2.15. The minimum atomic E-state index is -5.03. The van der Waals surface area contributed by atoms with E-state index < -0.39 is 35.3 Å². The smallest absolute Gasteiger partial charge is 0.420 e. The maximum absolute atomic E-state index is 12.3. The van der Waals surface area contributed by atoms with E-state index in [1.165, 1.54) is 6.07 Å². The molecule has 3 nitrogen and oxygen atoms in total. The van der Waals surface area contributed by atoms with Crippen molar-refractivity contribution in [3.8, 4) is 11.8 Å². The molecular formula is C8H3F5N2O. The summed E-state index contributed by atoms with van der Waals surface area (Å²) in [5.74, 6) is -1.65. The molecule has 0 spiro atoms. The van der Waals surface area contributed by atoms with Crippen LogP contribution >= 0.6 is 0 Å². The highest BCUT2D eigenvalue weighted by molar-refractivity contribution is 5.43. The van der Waals surface area contributed by atoms with Crippen molar-refractivity contribution in [2.24, 2.45) is 0 Å².